The molecule has 0 bridgehead atoms. The van der Waals surface area contributed by atoms with Crippen LogP contribution in [0.5, 0.6) is 0 Å². The topological polar surface area (TPSA) is 50.9 Å². The summed E-state index contributed by atoms with van der Waals surface area (Å²) < 4.78 is 1.64. The Hall–Kier alpha value is -2.17. The minimum absolute atomic E-state index is 0.349. The van der Waals surface area contributed by atoms with Gasteiger partial charge >= 0.3 is 0 Å². The minimum atomic E-state index is -0.646. The Morgan fingerprint density at radius 3 is 2.48 bits per heavy atom. The van der Waals surface area contributed by atoms with Gasteiger partial charge in [0, 0.05) is 10.6 Å². The molecule has 0 saturated carbocycles. The van der Waals surface area contributed by atoms with Crippen LogP contribution in [0.4, 0.5) is 0 Å². The first kappa shape index (κ1) is 13.8. The summed E-state index contributed by atoms with van der Waals surface area (Å²) in [4.78, 5) is 0. The molecule has 4 nitrogen and oxygen atoms in total. The normalized spacial score (nSPS) is 12.3. The van der Waals surface area contributed by atoms with Gasteiger partial charge in [0.05, 0.1) is 18.8 Å². The second-order valence-corrected chi connectivity index (χ2v) is 5.20. The van der Waals surface area contributed by atoms with Crippen LogP contribution in [0.15, 0.2) is 60.8 Å². The fraction of sp³-hybridized carbons (Fsp3) is 0.125. The van der Waals surface area contributed by atoms with Crippen LogP contribution < -0.4 is 0 Å². The first-order valence-corrected chi connectivity index (χ1v) is 6.99. The first-order valence-electron chi connectivity index (χ1n) is 6.61. The highest BCUT2D eigenvalue weighted by Gasteiger charge is 2.10. The van der Waals surface area contributed by atoms with E-state index in [9.17, 15) is 5.11 Å². The second-order valence-electron chi connectivity index (χ2n) is 4.76. The third-order valence-electron chi connectivity index (χ3n) is 3.22. The van der Waals surface area contributed by atoms with Crippen molar-refractivity contribution in [1.29, 1.82) is 0 Å². The van der Waals surface area contributed by atoms with Crippen LogP contribution in [0.3, 0.4) is 0 Å². The summed E-state index contributed by atoms with van der Waals surface area (Å²) in [5, 5.41) is 19.0. The fourth-order valence-corrected chi connectivity index (χ4v) is 2.22. The van der Waals surface area contributed by atoms with E-state index in [0.717, 1.165) is 16.8 Å². The van der Waals surface area contributed by atoms with E-state index in [1.54, 1.807) is 16.8 Å². The van der Waals surface area contributed by atoms with E-state index < -0.39 is 6.10 Å². The molecule has 0 spiro atoms. The largest absolute Gasteiger partial charge is 0.386 e. The van der Waals surface area contributed by atoms with Gasteiger partial charge in [-0.1, -0.05) is 59.3 Å². The summed E-state index contributed by atoms with van der Waals surface area (Å²) in [6.45, 7) is 0.349. The fourth-order valence-electron chi connectivity index (χ4n) is 2.10. The van der Waals surface area contributed by atoms with Crippen molar-refractivity contribution in [3.8, 4) is 11.3 Å². The zero-order chi connectivity index (χ0) is 14.7. The molecule has 0 unspecified atom stereocenters. The van der Waals surface area contributed by atoms with Crippen LogP contribution >= 0.6 is 11.6 Å². The third kappa shape index (κ3) is 3.29. The van der Waals surface area contributed by atoms with Crippen molar-refractivity contribution in [3.05, 3.63) is 71.4 Å². The minimum Gasteiger partial charge on any atom is -0.386 e. The van der Waals surface area contributed by atoms with Crippen LogP contribution in [-0.4, -0.2) is 20.1 Å². The van der Waals surface area contributed by atoms with Crippen LogP contribution in [0.1, 0.15) is 11.7 Å². The van der Waals surface area contributed by atoms with Crippen LogP contribution in [0.25, 0.3) is 11.3 Å². The smallest absolute Gasteiger partial charge is 0.113 e. The van der Waals surface area contributed by atoms with Gasteiger partial charge in [-0.15, -0.1) is 5.10 Å². The van der Waals surface area contributed by atoms with Crippen molar-refractivity contribution in [2.45, 2.75) is 12.6 Å². The molecule has 0 saturated heterocycles. The summed E-state index contributed by atoms with van der Waals surface area (Å²) in [7, 11) is 0. The van der Waals surface area contributed by atoms with Gasteiger partial charge in [0.25, 0.3) is 0 Å². The van der Waals surface area contributed by atoms with Crippen LogP contribution in [-0.2, 0) is 6.54 Å². The van der Waals surface area contributed by atoms with Gasteiger partial charge in [0.2, 0.25) is 0 Å². The lowest BCUT2D eigenvalue weighted by Gasteiger charge is -2.10. The summed E-state index contributed by atoms with van der Waals surface area (Å²) in [5.41, 5.74) is 2.60. The van der Waals surface area contributed by atoms with E-state index in [1.807, 2.05) is 48.7 Å². The zero-order valence-electron chi connectivity index (χ0n) is 11.2. The Labute approximate surface area is 127 Å². The second kappa shape index (κ2) is 6.08. The SMILES string of the molecule is O[C@H](Cn1cc(-c2ccccc2)nn1)c1ccc(Cl)cc1. The van der Waals surface area contributed by atoms with E-state index in [0.29, 0.717) is 11.6 Å². The number of benzene rings is 2. The van der Waals surface area contributed by atoms with Gasteiger partial charge in [-0.05, 0) is 17.7 Å². The van der Waals surface area contributed by atoms with E-state index in [-0.39, 0.29) is 0 Å². The molecular weight excluding hydrogens is 286 g/mol. The monoisotopic (exact) mass is 299 g/mol. The molecular formula is C16H14ClN3O. The Kier molecular flexibility index (Phi) is 3.99. The average molecular weight is 300 g/mol. The molecule has 1 aromatic heterocycles. The number of aromatic nitrogens is 3. The maximum Gasteiger partial charge on any atom is 0.113 e. The lowest BCUT2D eigenvalue weighted by molar-refractivity contribution is 0.150. The molecule has 1 heterocycles. The molecule has 2 aromatic carbocycles. The first-order chi connectivity index (χ1) is 10.2. The number of aliphatic hydroxyl groups is 1. The van der Waals surface area contributed by atoms with Gasteiger partial charge in [-0.25, -0.2) is 4.68 Å². The number of hydrogen-bond donors (Lipinski definition) is 1. The number of aliphatic hydroxyl groups excluding tert-OH is 1. The van der Waals surface area contributed by atoms with Crippen molar-refractivity contribution in [3.63, 3.8) is 0 Å². The summed E-state index contributed by atoms with van der Waals surface area (Å²) in [6, 6.07) is 17.0. The average Bonchev–Trinajstić information content (AvgIpc) is 2.97. The predicted molar refractivity (Wildman–Crippen MR) is 81.9 cm³/mol. The molecule has 0 aliphatic rings. The van der Waals surface area contributed by atoms with Crippen molar-refractivity contribution in [1.82, 2.24) is 15.0 Å². The molecule has 106 valence electrons. The Bertz CT molecular complexity index is 710. The van der Waals surface area contributed by atoms with Gasteiger partial charge in [0.1, 0.15) is 5.69 Å². The Morgan fingerprint density at radius 1 is 1.05 bits per heavy atom. The Morgan fingerprint density at radius 2 is 1.76 bits per heavy atom. The molecule has 21 heavy (non-hydrogen) atoms. The quantitative estimate of drug-likeness (QED) is 0.804. The van der Waals surface area contributed by atoms with E-state index in [2.05, 4.69) is 10.3 Å². The van der Waals surface area contributed by atoms with Gasteiger partial charge in [0.15, 0.2) is 0 Å². The van der Waals surface area contributed by atoms with E-state index >= 15 is 0 Å². The standard InChI is InChI=1S/C16H14ClN3O/c17-14-8-6-13(7-9-14)16(21)11-20-10-15(18-19-20)12-4-2-1-3-5-12/h1-10,16,21H,11H2/t16-/m1/s1. The molecule has 0 fully saturated rings. The van der Waals surface area contributed by atoms with Gasteiger partial charge < -0.3 is 5.11 Å². The molecule has 0 aliphatic carbocycles. The predicted octanol–water partition coefficient (Wildman–Crippen LogP) is 3.33. The molecule has 5 heteroatoms. The Balaban J connectivity index is 1.74. The van der Waals surface area contributed by atoms with Gasteiger partial charge in [-0.2, -0.15) is 0 Å². The third-order valence-corrected chi connectivity index (χ3v) is 3.47. The van der Waals surface area contributed by atoms with Crippen molar-refractivity contribution in [2.24, 2.45) is 0 Å². The summed E-state index contributed by atoms with van der Waals surface area (Å²) in [6.07, 6.45) is 1.18. The molecule has 3 aromatic rings. The molecule has 0 aliphatic heterocycles. The highest BCUT2D eigenvalue weighted by Crippen LogP contribution is 2.19. The van der Waals surface area contributed by atoms with Crippen molar-refractivity contribution in [2.75, 3.05) is 0 Å². The zero-order valence-corrected chi connectivity index (χ0v) is 12.0. The highest BCUT2D eigenvalue weighted by atomic mass is 35.5. The summed E-state index contributed by atoms with van der Waals surface area (Å²) in [5.74, 6) is 0. The van der Waals surface area contributed by atoms with Crippen molar-refractivity contribution >= 4 is 11.6 Å². The van der Waals surface area contributed by atoms with Crippen LogP contribution in [0.2, 0.25) is 5.02 Å². The molecule has 3 rings (SSSR count). The lowest BCUT2D eigenvalue weighted by atomic mass is 10.1. The lowest BCUT2D eigenvalue weighted by Crippen LogP contribution is -2.09. The molecule has 1 N–H and O–H groups in total. The van der Waals surface area contributed by atoms with Crippen molar-refractivity contribution < 1.29 is 5.11 Å². The molecule has 1 atom stereocenters. The summed E-state index contributed by atoms with van der Waals surface area (Å²) >= 11 is 5.84. The highest BCUT2D eigenvalue weighted by molar-refractivity contribution is 6.30. The maximum absolute atomic E-state index is 10.2. The maximum atomic E-state index is 10.2. The number of nitrogens with zero attached hydrogens (tertiary/aromatic N) is 3. The van der Waals surface area contributed by atoms with E-state index in [4.69, 9.17) is 11.6 Å². The number of rotatable bonds is 4. The van der Waals surface area contributed by atoms with Gasteiger partial charge in [-0.3, -0.25) is 0 Å². The number of halogens is 1. The number of hydrogen-bond acceptors (Lipinski definition) is 3. The van der Waals surface area contributed by atoms with E-state index in [1.165, 1.54) is 0 Å². The van der Waals surface area contributed by atoms with Crippen LogP contribution in [0, 0.1) is 0 Å². The molecule has 0 amide bonds. The molecule has 0 radical (unpaired) electrons.